The summed E-state index contributed by atoms with van der Waals surface area (Å²) in [7, 11) is 0. The van der Waals surface area contributed by atoms with Crippen molar-refractivity contribution in [2.45, 2.75) is 32.7 Å². The van der Waals surface area contributed by atoms with Crippen LogP contribution in [0.3, 0.4) is 0 Å². The molecule has 0 unspecified atom stereocenters. The highest BCUT2D eigenvalue weighted by atomic mass is 16.4. The highest BCUT2D eigenvalue weighted by Gasteiger charge is 2.11. The molecule has 1 fully saturated rings. The van der Waals surface area contributed by atoms with Crippen molar-refractivity contribution in [3.8, 4) is 0 Å². The summed E-state index contributed by atoms with van der Waals surface area (Å²) in [5, 5.41) is 9.93. The van der Waals surface area contributed by atoms with Crippen molar-refractivity contribution in [3.63, 3.8) is 0 Å². The normalized spacial score (nSPS) is 32.4. The SMILES string of the molecule is C[C@@H]1CC[C@@H](C)NC1.NO.[HH]. The van der Waals surface area contributed by atoms with Gasteiger partial charge in [0.25, 0.3) is 0 Å². The van der Waals surface area contributed by atoms with Gasteiger partial charge < -0.3 is 10.5 Å². The van der Waals surface area contributed by atoms with Gasteiger partial charge in [-0.05, 0) is 32.2 Å². The number of piperidine rings is 1. The molecule has 1 aliphatic rings. The molecule has 4 N–H and O–H groups in total. The summed E-state index contributed by atoms with van der Waals surface area (Å²) in [5.74, 6) is 4.41. The van der Waals surface area contributed by atoms with E-state index < -0.39 is 0 Å². The summed E-state index contributed by atoms with van der Waals surface area (Å²) in [6, 6.07) is 0.770. The fraction of sp³-hybridized carbons (Fsp3) is 1.00. The standard InChI is InChI=1S/C7H15N.H3NO.H2/c1-6-3-4-7(2)8-5-6;1-2;/h6-8H,3-5H2,1-2H3;2H,1H2;1H/t6-,7-;;/m1../s1. The summed E-state index contributed by atoms with van der Waals surface area (Å²) in [4.78, 5) is 0. The number of nitrogens with two attached hydrogens (primary N) is 1. The smallest absolute Gasteiger partial charge is 0.00389 e. The van der Waals surface area contributed by atoms with Gasteiger partial charge in [0.1, 0.15) is 0 Å². The molecule has 1 heterocycles. The molecular weight excluding hydrogens is 128 g/mol. The van der Waals surface area contributed by atoms with E-state index in [0.717, 1.165) is 12.0 Å². The molecule has 3 heteroatoms. The number of nitrogens with one attached hydrogen (secondary N) is 1. The Bertz CT molecular complexity index is 64.8. The lowest BCUT2D eigenvalue weighted by molar-refractivity contribution is 0.311. The Morgan fingerprint density at radius 1 is 1.40 bits per heavy atom. The number of hydrogen-bond acceptors (Lipinski definition) is 3. The van der Waals surface area contributed by atoms with Gasteiger partial charge in [0, 0.05) is 7.47 Å². The van der Waals surface area contributed by atoms with Crippen molar-refractivity contribution >= 4 is 0 Å². The van der Waals surface area contributed by atoms with E-state index in [-0.39, 0.29) is 1.43 Å². The molecule has 0 bridgehead atoms. The van der Waals surface area contributed by atoms with Gasteiger partial charge in [-0.15, -0.1) is 0 Å². The van der Waals surface area contributed by atoms with Crippen LogP contribution in [0.4, 0.5) is 0 Å². The highest BCUT2D eigenvalue weighted by Crippen LogP contribution is 2.11. The molecule has 2 atom stereocenters. The van der Waals surface area contributed by atoms with Crippen LogP contribution in [-0.4, -0.2) is 17.8 Å². The lowest BCUT2D eigenvalue weighted by Gasteiger charge is -2.24. The van der Waals surface area contributed by atoms with Crippen LogP contribution in [0.5, 0.6) is 0 Å². The molecule has 1 saturated heterocycles. The van der Waals surface area contributed by atoms with Crippen molar-refractivity contribution in [1.29, 1.82) is 0 Å². The fourth-order valence-corrected chi connectivity index (χ4v) is 1.14. The van der Waals surface area contributed by atoms with Crippen LogP contribution in [0.2, 0.25) is 0 Å². The minimum Gasteiger partial charge on any atom is -0.320 e. The van der Waals surface area contributed by atoms with Gasteiger partial charge in [-0.25, -0.2) is 5.90 Å². The van der Waals surface area contributed by atoms with Crippen LogP contribution in [0.15, 0.2) is 0 Å². The quantitative estimate of drug-likeness (QED) is 0.449. The molecule has 1 aliphatic heterocycles. The van der Waals surface area contributed by atoms with Crippen LogP contribution in [0, 0.1) is 5.92 Å². The van der Waals surface area contributed by atoms with E-state index in [9.17, 15) is 0 Å². The van der Waals surface area contributed by atoms with E-state index in [4.69, 9.17) is 5.21 Å². The topological polar surface area (TPSA) is 58.3 Å². The average molecular weight is 148 g/mol. The molecular formula is C7H20N2O. The molecule has 64 valence electrons. The lowest BCUT2D eigenvalue weighted by Crippen LogP contribution is -2.35. The molecule has 0 saturated carbocycles. The van der Waals surface area contributed by atoms with E-state index in [1.54, 1.807) is 0 Å². The maximum absolute atomic E-state index is 6.50. The first-order chi connectivity index (χ1) is 4.79. The molecule has 0 spiro atoms. The molecule has 0 aromatic rings. The molecule has 0 aromatic heterocycles. The monoisotopic (exact) mass is 148 g/mol. The Kier molecular flexibility index (Phi) is 5.58. The maximum atomic E-state index is 6.50. The minimum atomic E-state index is 0. The predicted molar refractivity (Wildman–Crippen MR) is 44.0 cm³/mol. The van der Waals surface area contributed by atoms with Gasteiger partial charge >= 0.3 is 0 Å². The lowest BCUT2D eigenvalue weighted by atomic mass is 9.98. The second-order valence-electron chi connectivity index (χ2n) is 2.99. The van der Waals surface area contributed by atoms with Gasteiger partial charge in [-0.3, -0.25) is 0 Å². The maximum Gasteiger partial charge on any atom is 0.00389 e. The summed E-state index contributed by atoms with van der Waals surface area (Å²) in [5.41, 5.74) is 0. The van der Waals surface area contributed by atoms with Crippen LogP contribution in [0.25, 0.3) is 0 Å². The van der Waals surface area contributed by atoms with Gasteiger partial charge in [-0.1, -0.05) is 6.92 Å². The largest absolute Gasteiger partial charge is 0.320 e. The Balaban J connectivity index is 0. The zero-order valence-corrected chi connectivity index (χ0v) is 6.80. The van der Waals surface area contributed by atoms with Gasteiger partial charge in [0.2, 0.25) is 0 Å². The second-order valence-corrected chi connectivity index (χ2v) is 2.99. The van der Waals surface area contributed by atoms with Crippen LogP contribution < -0.4 is 11.2 Å². The molecule has 10 heavy (non-hydrogen) atoms. The Morgan fingerprint density at radius 2 is 2.00 bits per heavy atom. The summed E-state index contributed by atoms with van der Waals surface area (Å²) >= 11 is 0. The van der Waals surface area contributed by atoms with Crippen LogP contribution in [0.1, 0.15) is 28.1 Å². The average Bonchev–Trinajstić information content (AvgIpc) is 2.00. The summed E-state index contributed by atoms with van der Waals surface area (Å²) < 4.78 is 0. The van der Waals surface area contributed by atoms with E-state index in [1.807, 2.05) is 0 Å². The van der Waals surface area contributed by atoms with Gasteiger partial charge in [-0.2, -0.15) is 0 Å². The van der Waals surface area contributed by atoms with Crippen molar-refractivity contribution < 1.29 is 6.63 Å². The van der Waals surface area contributed by atoms with Gasteiger partial charge in [0.15, 0.2) is 0 Å². The third-order valence-electron chi connectivity index (χ3n) is 1.91. The first kappa shape index (κ1) is 9.88. The highest BCUT2D eigenvalue weighted by molar-refractivity contribution is 4.71. The summed E-state index contributed by atoms with van der Waals surface area (Å²) in [6.07, 6.45) is 2.77. The zero-order valence-electron chi connectivity index (χ0n) is 6.80. The van der Waals surface area contributed by atoms with Crippen molar-refractivity contribution in [1.82, 2.24) is 5.32 Å². The third kappa shape index (κ3) is 3.82. The second kappa shape index (κ2) is 5.65. The minimum absolute atomic E-state index is 0. The molecule has 3 nitrogen and oxygen atoms in total. The van der Waals surface area contributed by atoms with E-state index in [1.165, 1.54) is 19.4 Å². The molecule has 0 aromatic carbocycles. The third-order valence-corrected chi connectivity index (χ3v) is 1.91. The Morgan fingerprint density at radius 3 is 2.30 bits per heavy atom. The Labute approximate surface area is 64.1 Å². The predicted octanol–water partition coefficient (Wildman–Crippen LogP) is 0.975. The molecule has 1 rings (SSSR count). The van der Waals surface area contributed by atoms with Crippen molar-refractivity contribution in [2.24, 2.45) is 11.8 Å². The summed E-state index contributed by atoms with van der Waals surface area (Å²) in [6.45, 7) is 5.78. The van der Waals surface area contributed by atoms with Crippen LogP contribution >= 0.6 is 0 Å². The van der Waals surface area contributed by atoms with Gasteiger partial charge in [0.05, 0.1) is 0 Å². The first-order valence-electron chi connectivity index (χ1n) is 3.78. The van der Waals surface area contributed by atoms with Crippen molar-refractivity contribution in [2.75, 3.05) is 6.54 Å². The van der Waals surface area contributed by atoms with Crippen molar-refractivity contribution in [3.05, 3.63) is 0 Å². The fourth-order valence-electron chi connectivity index (χ4n) is 1.14. The number of rotatable bonds is 0. The molecule has 0 amide bonds. The molecule has 0 radical (unpaired) electrons. The van der Waals surface area contributed by atoms with Crippen LogP contribution in [-0.2, 0) is 0 Å². The van der Waals surface area contributed by atoms with E-state index >= 15 is 0 Å². The zero-order chi connectivity index (χ0) is 7.98. The van der Waals surface area contributed by atoms with E-state index in [2.05, 4.69) is 25.1 Å². The first-order valence-corrected chi connectivity index (χ1v) is 3.78. The Hall–Kier alpha value is -0.120. The number of hydrogen-bond donors (Lipinski definition) is 3. The van der Waals surface area contributed by atoms with E-state index in [0.29, 0.717) is 0 Å². The molecule has 0 aliphatic carbocycles.